The monoisotopic (exact) mass is 104 g/mol. The Bertz CT molecular complexity index is 6.00. The molecule has 0 spiro atoms. The number of hydrogen-bond acceptors (Lipinski definition) is 0. The Hall–Kier alpha value is 1.95. The maximum Gasteiger partial charge on any atom is 0.316 e. The maximum atomic E-state index is 0. The summed E-state index contributed by atoms with van der Waals surface area (Å²) in [4.78, 5) is 0. The average molecular weight is 104 g/mol. The molecule has 0 atom stereocenters. The van der Waals surface area contributed by atoms with Gasteiger partial charge in [-0.05, 0) is 0 Å². The minimum Gasteiger partial charge on any atom is 0.316 e. The van der Waals surface area contributed by atoms with Crippen molar-refractivity contribution < 1.29 is 11.0 Å². The van der Waals surface area contributed by atoms with E-state index in [0.717, 1.165) is 0 Å². The summed E-state index contributed by atoms with van der Waals surface area (Å²) < 4.78 is 0. The third kappa shape index (κ3) is 9.04. The van der Waals surface area contributed by atoms with Crippen molar-refractivity contribution in [2.24, 2.45) is 0 Å². The summed E-state index contributed by atoms with van der Waals surface area (Å²) in [6.45, 7) is 0. The molecule has 0 aliphatic carbocycles. The SMILES string of the molecule is O.O.[CaH2].[MgH2]. The van der Waals surface area contributed by atoms with Crippen molar-refractivity contribution in [1.29, 1.82) is 0 Å². The molecule has 0 aliphatic rings. The Labute approximate surface area is 70.7 Å². The Kier molecular flexibility index (Phi) is 195. The van der Waals surface area contributed by atoms with E-state index < -0.39 is 0 Å². The summed E-state index contributed by atoms with van der Waals surface area (Å²) >= 11 is 0. The van der Waals surface area contributed by atoms with Gasteiger partial charge in [0.1, 0.15) is 0 Å². The molecule has 0 heterocycles. The van der Waals surface area contributed by atoms with Crippen molar-refractivity contribution in [1.82, 2.24) is 0 Å². The summed E-state index contributed by atoms with van der Waals surface area (Å²) in [6, 6.07) is 0. The second kappa shape index (κ2) is 20.3. The van der Waals surface area contributed by atoms with Gasteiger partial charge in [-0.25, -0.2) is 0 Å². The molecule has 0 aromatic heterocycles. The molecule has 24 valence electrons. The molecule has 0 rings (SSSR count). The molecule has 4 heavy (non-hydrogen) atoms. The van der Waals surface area contributed by atoms with Crippen LogP contribution in [0.15, 0.2) is 0 Å². The van der Waals surface area contributed by atoms with Gasteiger partial charge in [0, 0.05) is 0 Å². The molecule has 0 radical (unpaired) electrons. The van der Waals surface area contributed by atoms with Gasteiger partial charge in [-0.1, -0.05) is 0 Å². The molecule has 0 fully saturated rings. The van der Waals surface area contributed by atoms with E-state index >= 15 is 0 Å². The molecule has 4 heteroatoms. The number of rotatable bonds is 0. The molecule has 0 saturated carbocycles. The van der Waals surface area contributed by atoms with E-state index in [2.05, 4.69) is 0 Å². The van der Waals surface area contributed by atoms with Crippen LogP contribution in [0.1, 0.15) is 0 Å². The fraction of sp³-hybridized carbons (Fsp3) is 0. The van der Waals surface area contributed by atoms with Crippen LogP contribution in [0.5, 0.6) is 0 Å². The first-order valence-corrected chi connectivity index (χ1v) is 0. The fourth-order valence-corrected chi connectivity index (χ4v) is 0. The topological polar surface area (TPSA) is 63.0 Å². The van der Waals surface area contributed by atoms with Gasteiger partial charge in [-0.2, -0.15) is 0 Å². The molecular formula is H8CaMgO2. The summed E-state index contributed by atoms with van der Waals surface area (Å²) in [5, 5.41) is 0. The van der Waals surface area contributed by atoms with Gasteiger partial charge < -0.3 is 11.0 Å². The van der Waals surface area contributed by atoms with E-state index in [1.54, 1.807) is 0 Å². The Morgan fingerprint density at radius 3 is 0.750 bits per heavy atom. The molecule has 2 nitrogen and oxygen atoms in total. The van der Waals surface area contributed by atoms with Gasteiger partial charge in [0.15, 0.2) is 0 Å². The summed E-state index contributed by atoms with van der Waals surface area (Å²) in [7, 11) is 0. The van der Waals surface area contributed by atoms with Crippen LogP contribution in [0.4, 0.5) is 0 Å². The van der Waals surface area contributed by atoms with Gasteiger partial charge in [0.05, 0.1) is 0 Å². The molecule has 0 saturated heterocycles. The van der Waals surface area contributed by atoms with E-state index in [4.69, 9.17) is 0 Å². The predicted molar refractivity (Wildman–Crippen MR) is 24.3 cm³/mol. The van der Waals surface area contributed by atoms with Crippen LogP contribution in [0, 0.1) is 0 Å². The molecule has 0 amide bonds. The molecule has 0 bridgehead atoms. The van der Waals surface area contributed by atoms with Crippen LogP contribution in [0.2, 0.25) is 0 Å². The van der Waals surface area contributed by atoms with E-state index in [1.165, 1.54) is 0 Å². The van der Waals surface area contributed by atoms with Crippen molar-refractivity contribution in [2.45, 2.75) is 0 Å². The van der Waals surface area contributed by atoms with Crippen molar-refractivity contribution >= 4 is 60.8 Å². The Morgan fingerprint density at radius 2 is 0.750 bits per heavy atom. The maximum absolute atomic E-state index is 0. The second-order valence-corrected chi connectivity index (χ2v) is 0. The van der Waals surface area contributed by atoms with Crippen LogP contribution >= 0.6 is 0 Å². The molecule has 4 N–H and O–H groups in total. The molecular weight excluding hydrogens is 96.4 g/mol. The van der Waals surface area contributed by atoms with Crippen LogP contribution in [-0.2, 0) is 0 Å². The molecule has 0 unspecified atom stereocenters. The zero-order valence-corrected chi connectivity index (χ0v) is 1.00. The molecule has 0 aromatic rings. The quantitative estimate of drug-likeness (QED) is 0.287. The fourth-order valence-electron chi connectivity index (χ4n) is 0. The van der Waals surface area contributed by atoms with Crippen LogP contribution in [0.3, 0.4) is 0 Å². The smallest absolute Gasteiger partial charge is 0.316 e. The van der Waals surface area contributed by atoms with Crippen LogP contribution in [-0.4, -0.2) is 71.7 Å². The zero-order valence-electron chi connectivity index (χ0n) is 1.00. The van der Waals surface area contributed by atoms with Gasteiger partial charge in [0.25, 0.3) is 0 Å². The second-order valence-electron chi connectivity index (χ2n) is 0. The van der Waals surface area contributed by atoms with Gasteiger partial charge in [-0.3, -0.25) is 0 Å². The third-order valence-electron chi connectivity index (χ3n) is 0. The van der Waals surface area contributed by atoms with E-state index in [1.807, 2.05) is 0 Å². The standard InChI is InChI=1S/Ca.Mg.2H2O.4H/h;;2*1H2;;;;. The largest absolute Gasteiger partial charge is 0.316 e. The van der Waals surface area contributed by atoms with Crippen molar-refractivity contribution in [3.05, 3.63) is 0 Å². The summed E-state index contributed by atoms with van der Waals surface area (Å²) in [5.74, 6) is 0. The minimum atomic E-state index is 0. The predicted octanol–water partition coefficient (Wildman–Crippen LogP) is -3.48. The Balaban J connectivity index is 0. The molecule has 0 aliphatic heterocycles. The van der Waals surface area contributed by atoms with Gasteiger partial charge in [-0.15, -0.1) is 0 Å². The van der Waals surface area contributed by atoms with E-state index in [0.29, 0.717) is 0 Å². The van der Waals surface area contributed by atoms with Crippen molar-refractivity contribution in [3.63, 3.8) is 0 Å². The number of hydrogen-bond donors (Lipinski definition) is 0. The zero-order chi connectivity index (χ0) is 0. The summed E-state index contributed by atoms with van der Waals surface area (Å²) in [6.07, 6.45) is 0. The molecule has 0 aromatic carbocycles. The van der Waals surface area contributed by atoms with Crippen molar-refractivity contribution in [3.8, 4) is 0 Å². The first-order valence-electron chi connectivity index (χ1n) is 0. The Morgan fingerprint density at radius 1 is 0.750 bits per heavy atom. The normalized spacial score (nSPS) is 0. The van der Waals surface area contributed by atoms with E-state index in [9.17, 15) is 0 Å². The average Bonchev–Trinajstić information content (AvgIpc) is 0. The van der Waals surface area contributed by atoms with E-state index in [-0.39, 0.29) is 71.7 Å². The third-order valence-corrected chi connectivity index (χ3v) is 0. The summed E-state index contributed by atoms with van der Waals surface area (Å²) in [5.41, 5.74) is 0. The van der Waals surface area contributed by atoms with Gasteiger partial charge in [0.2, 0.25) is 0 Å². The van der Waals surface area contributed by atoms with Crippen LogP contribution < -0.4 is 0 Å². The minimum absolute atomic E-state index is 0. The van der Waals surface area contributed by atoms with Gasteiger partial charge >= 0.3 is 60.8 Å². The van der Waals surface area contributed by atoms with Crippen molar-refractivity contribution in [2.75, 3.05) is 0 Å². The first-order chi connectivity index (χ1) is 0. The van der Waals surface area contributed by atoms with Crippen LogP contribution in [0.25, 0.3) is 0 Å². The first kappa shape index (κ1) is 38.4.